The number of amides is 1. The SMILES string of the molecule is CCNC(=O)[C@H]1CCCN(c2nc3c(-c4ccccc4C)csc3c(=O)[nH]2)C1. The maximum absolute atomic E-state index is 12.7. The maximum atomic E-state index is 12.7. The molecule has 0 aliphatic carbocycles. The number of benzene rings is 1. The summed E-state index contributed by atoms with van der Waals surface area (Å²) in [4.78, 5) is 34.7. The van der Waals surface area contributed by atoms with E-state index in [-0.39, 0.29) is 17.4 Å². The smallest absolute Gasteiger partial charge is 0.270 e. The number of piperidine rings is 1. The fourth-order valence-corrected chi connectivity index (χ4v) is 4.73. The third-order valence-electron chi connectivity index (χ3n) is 5.29. The van der Waals surface area contributed by atoms with Gasteiger partial charge in [-0.25, -0.2) is 4.98 Å². The van der Waals surface area contributed by atoms with E-state index in [2.05, 4.69) is 29.4 Å². The van der Waals surface area contributed by atoms with Crippen molar-refractivity contribution >= 4 is 33.4 Å². The highest BCUT2D eigenvalue weighted by Gasteiger charge is 2.27. The molecule has 1 saturated heterocycles. The molecule has 0 saturated carbocycles. The molecule has 7 heteroatoms. The molecular formula is C21H24N4O2S. The predicted octanol–water partition coefficient (Wildman–Crippen LogP) is 3.31. The lowest BCUT2D eigenvalue weighted by molar-refractivity contribution is -0.125. The van der Waals surface area contributed by atoms with E-state index in [0.717, 1.165) is 41.6 Å². The second kappa shape index (κ2) is 7.75. The first-order chi connectivity index (χ1) is 13.6. The number of aryl methyl sites for hydroxylation is 1. The molecule has 3 aromatic rings. The van der Waals surface area contributed by atoms with E-state index >= 15 is 0 Å². The van der Waals surface area contributed by atoms with Gasteiger partial charge in [-0.2, -0.15) is 0 Å². The summed E-state index contributed by atoms with van der Waals surface area (Å²) < 4.78 is 0.638. The summed E-state index contributed by atoms with van der Waals surface area (Å²) in [6.07, 6.45) is 1.76. The second-order valence-electron chi connectivity index (χ2n) is 7.21. The van der Waals surface area contributed by atoms with Gasteiger partial charge in [0.1, 0.15) is 4.70 Å². The molecule has 6 nitrogen and oxygen atoms in total. The van der Waals surface area contributed by atoms with Gasteiger partial charge in [-0.1, -0.05) is 24.3 Å². The topological polar surface area (TPSA) is 78.1 Å². The van der Waals surface area contributed by atoms with Gasteiger partial charge in [-0.05, 0) is 37.8 Å². The van der Waals surface area contributed by atoms with Crippen molar-refractivity contribution in [3.05, 3.63) is 45.6 Å². The Kier molecular flexibility index (Phi) is 5.17. The van der Waals surface area contributed by atoms with Crippen molar-refractivity contribution in [2.24, 2.45) is 5.92 Å². The minimum atomic E-state index is -0.120. The lowest BCUT2D eigenvalue weighted by atomic mass is 9.97. The molecule has 1 aromatic carbocycles. The number of carbonyl (C=O) groups excluding carboxylic acids is 1. The highest BCUT2D eigenvalue weighted by Crippen LogP contribution is 2.33. The summed E-state index contributed by atoms with van der Waals surface area (Å²) in [6.45, 7) is 5.98. The fourth-order valence-electron chi connectivity index (χ4n) is 3.83. The molecule has 28 heavy (non-hydrogen) atoms. The van der Waals surface area contributed by atoms with Crippen LogP contribution in [0, 0.1) is 12.8 Å². The van der Waals surface area contributed by atoms with Gasteiger partial charge in [0.2, 0.25) is 11.9 Å². The predicted molar refractivity (Wildman–Crippen MR) is 114 cm³/mol. The third-order valence-corrected chi connectivity index (χ3v) is 6.26. The van der Waals surface area contributed by atoms with Crippen molar-refractivity contribution in [2.75, 3.05) is 24.5 Å². The lowest BCUT2D eigenvalue weighted by Crippen LogP contribution is -2.44. The molecular weight excluding hydrogens is 372 g/mol. The highest BCUT2D eigenvalue weighted by atomic mass is 32.1. The van der Waals surface area contributed by atoms with Crippen molar-refractivity contribution < 1.29 is 4.79 Å². The van der Waals surface area contributed by atoms with Crippen LogP contribution in [0.25, 0.3) is 21.3 Å². The minimum absolute atomic E-state index is 0.0757. The number of hydrogen-bond acceptors (Lipinski definition) is 5. The van der Waals surface area contributed by atoms with E-state index < -0.39 is 0 Å². The molecule has 1 atom stereocenters. The Bertz CT molecular complexity index is 1070. The Morgan fingerprint density at radius 3 is 2.96 bits per heavy atom. The molecule has 1 aliphatic rings. The number of rotatable bonds is 4. The molecule has 3 heterocycles. The molecule has 0 unspecified atom stereocenters. The molecule has 0 spiro atoms. The molecule has 1 aliphatic heterocycles. The summed E-state index contributed by atoms with van der Waals surface area (Å²) in [5.41, 5.74) is 3.85. The Labute approximate surface area is 167 Å². The first kappa shape index (κ1) is 18.7. The molecule has 1 amide bonds. The van der Waals surface area contributed by atoms with Gasteiger partial charge in [0.25, 0.3) is 5.56 Å². The van der Waals surface area contributed by atoms with E-state index in [9.17, 15) is 9.59 Å². The molecule has 0 radical (unpaired) electrons. The third kappa shape index (κ3) is 3.42. The number of thiophene rings is 1. The number of fused-ring (bicyclic) bond motifs is 1. The van der Waals surface area contributed by atoms with Crippen LogP contribution in [-0.2, 0) is 4.79 Å². The average molecular weight is 397 g/mol. The maximum Gasteiger partial charge on any atom is 0.270 e. The molecule has 146 valence electrons. The van der Waals surface area contributed by atoms with Gasteiger partial charge in [-0.15, -0.1) is 11.3 Å². The quantitative estimate of drug-likeness (QED) is 0.709. The first-order valence-corrected chi connectivity index (χ1v) is 10.6. The summed E-state index contributed by atoms with van der Waals surface area (Å²) >= 11 is 1.42. The van der Waals surface area contributed by atoms with Crippen LogP contribution >= 0.6 is 11.3 Å². The highest BCUT2D eigenvalue weighted by molar-refractivity contribution is 7.17. The van der Waals surface area contributed by atoms with Crippen molar-refractivity contribution in [3.8, 4) is 11.1 Å². The van der Waals surface area contributed by atoms with Gasteiger partial charge in [-0.3, -0.25) is 14.6 Å². The van der Waals surface area contributed by atoms with Gasteiger partial charge in [0.05, 0.1) is 11.4 Å². The van der Waals surface area contributed by atoms with E-state index in [1.54, 1.807) is 0 Å². The van der Waals surface area contributed by atoms with Crippen LogP contribution in [0.3, 0.4) is 0 Å². The van der Waals surface area contributed by atoms with Gasteiger partial charge in [0.15, 0.2) is 0 Å². The Morgan fingerprint density at radius 1 is 1.36 bits per heavy atom. The zero-order valence-corrected chi connectivity index (χ0v) is 16.9. The van der Waals surface area contributed by atoms with Gasteiger partial charge in [0, 0.05) is 30.6 Å². The molecule has 0 bridgehead atoms. The van der Waals surface area contributed by atoms with Crippen LogP contribution in [0.15, 0.2) is 34.4 Å². The summed E-state index contributed by atoms with van der Waals surface area (Å²) in [6, 6.07) is 8.13. The van der Waals surface area contributed by atoms with E-state index in [1.807, 2.05) is 29.3 Å². The number of aromatic amines is 1. The normalized spacial score (nSPS) is 17.1. The second-order valence-corrected chi connectivity index (χ2v) is 8.09. The molecule has 1 fully saturated rings. The Hall–Kier alpha value is -2.67. The monoisotopic (exact) mass is 396 g/mol. The van der Waals surface area contributed by atoms with Crippen molar-refractivity contribution in [2.45, 2.75) is 26.7 Å². The lowest BCUT2D eigenvalue weighted by Gasteiger charge is -2.32. The van der Waals surface area contributed by atoms with Gasteiger partial charge < -0.3 is 10.2 Å². The number of anilines is 1. The van der Waals surface area contributed by atoms with Crippen molar-refractivity contribution in [1.29, 1.82) is 0 Å². The van der Waals surface area contributed by atoms with E-state index in [4.69, 9.17) is 4.98 Å². The summed E-state index contributed by atoms with van der Waals surface area (Å²) in [5.74, 6) is 0.555. The Balaban J connectivity index is 1.73. The molecule has 2 aromatic heterocycles. The van der Waals surface area contributed by atoms with Crippen LogP contribution in [-0.4, -0.2) is 35.5 Å². The fraction of sp³-hybridized carbons (Fsp3) is 0.381. The summed E-state index contributed by atoms with van der Waals surface area (Å²) in [5, 5.41) is 4.91. The number of H-pyrrole nitrogens is 1. The number of nitrogens with zero attached hydrogens (tertiary/aromatic N) is 2. The van der Waals surface area contributed by atoms with E-state index in [1.165, 1.54) is 11.3 Å². The van der Waals surface area contributed by atoms with Crippen LogP contribution in [0.1, 0.15) is 25.3 Å². The van der Waals surface area contributed by atoms with Crippen molar-refractivity contribution in [3.63, 3.8) is 0 Å². The van der Waals surface area contributed by atoms with Crippen LogP contribution < -0.4 is 15.8 Å². The number of nitrogens with one attached hydrogen (secondary N) is 2. The molecule has 4 rings (SSSR count). The average Bonchev–Trinajstić information content (AvgIpc) is 3.13. The minimum Gasteiger partial charge on any atom is -0.356 e. The van der Waals surface area contributed by atoms with Gasteiger partial charge >= 0.3 is 0 Å². The van der Waals surface area contributed by atoms with Crippen LogP contribution in [0.4, 0.5) is 5.95 Å². The van der Waals surface area contributed by atoms with Crippen LogP contribution in [0.5, 0.6) is 0 Å². The standard InChI is InChI=1S/C21H24N4O2S/c1-3-22-19(26)14-8-6-10-25(11-14)21-23-17-16(12-28-18(17)20(27)24-21)15-9-5-4-7-13(15)2/h4-5,7,9,12,14H,3,6,8,10-11H2,1-2H3,(H,22,26)(H,23,24,27)/t14-/m0/s1. The Morgan fingerprint density at radius 2 is 2.18 bits per heavy atom. The number of hydrogen-bond donors (Lipinski definition) is 2. The number of aromatic nitrogens is 2. The number of carbonyl (C=O) groups is 1. The first-order valence-electron chi connectivity index (χ1n) is 9.68. The zero-order chi connectivity index (χ0) is 19.7. The van der Waals surface area contributed by atoms with Crippen LogP contribution in [0.2, 0.25) is 0 Å². The largest absolute Gasteiger partial charge is 0.356 e. The summed E-state index contributed by atoms with van der Waals surface area (Å²) in [7, 11) is 0. The molecule has 2 N–H and O–H groups in total. The van der Waals surface area contributed by atoms with Crippen molar-refractivity contribution in [1.82, 2.24) is 15.3 Å². The zero-order valence-electron chi connectivity index (χ0n) is 16.1. The van der Waals surface area contributed by atoms with E-state index in [0.29, 0.717) is 23.7 Å².